The lowest BCUT2D eigenvalue weighted by Gasteiger charge is -2.08. The summed E-state index contributed by atoms with van der Waals surface area (Å²) in [5.74, 6) is 1.07. The maximum atomic E-state index is 12.1. The zero-order chi connectivity index (χ0) is 16.1. The molecule has 122 valence electrons. The lowest BCUT2D eigenvalue weighted by molar-refractivity contribution is -0.121. The van der Waals surface area contributed by atoms with Crippen molar-refractivity contribution in [2.45, 2.75) is 45.1 Å². The minimum absolute atomic E-state index is 0.101. The molecule has 0 atom stereocenters. The van der Waals surface area contributed by atoms with E-state index in [9.17, 15) is 9.59 Å². The number of ketones is 1. The Labute approximate surface area is 139 Å². The van der Waals surface area contributed by atoms with Crippen LogP contribution in [0.5, 0.6) is 0 Å². The largest absolute Gasteiger partial charge is 0.461 e. The van der Waals surface area contributed by atoms with Crippen LogP contribution >= 0.6 is 11.3 Å². The average molecular weight is 331 g/mol. The fourth-order valence-electron chi connectivity index (χ4n) is 3.03. The molecule has 23 heavy (non-hydrogen) atoms. The van der Waals surface area contributed by atoms with Crippen molar-refractivity contribution in [1.29, 1.82) is 0 Å². The van der Waals surface area contributed by atoms with E-state index in [0.29, 0.717) is 23.6 Å². The summed E-state index contributed by atoms with van der Waals surface area (Å²) in [5, 5.41) is 2.95. The zero-order valence-electron chi connectivity index (χ0n) is 13.0. The third-order valence-corrected chi connectivity index (χ3v) is 5.43. The third kappa shape index (κ3) is 4.32. The molecule has 1 aliphatic carbocycles. The van der Waals surface area contributed by atoms with Gasteiger partial charge in [-0.2, -0.15) is 0 Å². The van der Waals surface area contributed by atoms with Crippen LogP contribution in [0.25, 0.3) is 0 Å². The summed E-state index contributed by atoms with van der Waals surface area (Å²) < 4.78 is 5.13. The summed E-state index contributed by atoms with van der Waals surface area (Å²) in [6, 6.07) is 7.03. The van der Waals surface area contributed by atoms with E-state index in [1.54, 1.807) is 18.2 Å². The van der Waals surface area contributed by atoms with Crippen molar-refractivity contribution in [3.63, 3.8) is 0 Å². The standard InChI is InChI=1S/C18H21NO3S/c20-17(10-7-13-4-1-2-5-13)19-12-14-8-9-16(23-14)18(21)15-6-3-11-22-15/h3,6,8-9,11,13H,1-2,4-5,7,10,12H2,(H,19,20). The van der Waals surface area contributed by atoms with Crippen LogP contribution in [-0.4, -0.2) is 11.7 Å². The highest BCUT2D eigenvalue weighted by molar-refractivity contribution is 7.14. The van der Waals surface area contributed by atoms with E-state index in [1.807, 2.05) is 6.07 Å². The third-order valence-electron chi connectivity index (χ3n) is 4.34. The second kappa shape index (κ2) is 7.59. The van der Waals surface area contributed by atoms with Gasteiger partial charge in [0.1, 0.15) is 0 Å². The number of amides is 1. The number of furan rings is 1. The summed E-state index contributed by atoms with van der Waals surface area (Å²) in [6.07, 6.45) is 8.27. The number of rotatable bonds is 7. The predicted octanol–water partition coefficient (Wildman–Crippen LogP) is 4.16. The molecule has 2 aromatic rings. The lowest BCUT2D eigenvalue weighted by Crippen LogP contribution is -2.22. The molecule has 0 aromatic carbocycles. The topological polar surface area (TPSA) is 59.3 Å². The van der Waals surface area contributed by atoms with Crippen LogP contribution in [0.4, 0.5) is 0 Å². The number of hydrogen-bond acceptors (Lipinski definition) is 4. The van der Waals surface area contributed by atoms with E-state index in [-0.39, 0.29) is 11.7 Å². The van der Waals surface area contributed by atoms with Gasteiger partial charge in [-0.15, -0.1) is 11.3 Å². The van der Waals surface area contributed by atoms with Crippen molar-refractivity contribution in [2.75, 3.05) is 0 Å². The summed E-state index contributed by atoms with van der Waals surface area (Å²) >= 11 is 1.40. The molecule has 1 N–H and O–H groups in total. The minimum Gasteiger partial charge on any atom is -0.461 e. The average Bonchev–Trinajstić information content (AvgIpc) is 3.33. The van der Waals surface area contributed by atoms with Gasteiger partial charge in [-0.05, 0) is 36.6 Å². The molecule has 1 fully saturated rings. The van der Waals surface area contributed by atoms with E-state index in [0.717, 1.165) is 17.2 Å². The molecule has 0 aliphatic heterocycles. The Morgan fingerprint density at radius 3 is 2.78 bits per heavy atom. The normalized spacial score (nSPS) is 15.0. The van der Waals surface area contributed by atoms with E-state index >= 15 is 0 Å². The van der Waals surface area contributed by atoms with Crippen molar-refractivity contribution in [1.82, 2.24) is 5.32 Å². The maximum Gasteiger partial charge on any atom is 0.238 e. The first kappa shape index (κ1) is 16.0. The molecule has 1 aliphatic rings. The van der Waals surface area contributed by atoms with Crippen molar-refractivity contribution in [3.8, 4) is 0 Å². The number of carbonyl (C=O) groups is 2. The van der Waals surface area contributed by atoms with Gasteiger partial charge < -0.3 is 9.73 Å². The second-order valence-electron chi connectivity index (χ2n) is 6.04. The van der Waals surface area contributed by atoms with Crippen molar-refractivity contribution in [3.05, 3.63) is 46.0 Å². The molecule has 1 saturated carbocycles. The Balaban J connectivity index is 1.45. The fourth-order valence-corrected chi connectivity index (χ4v) is 3.92. The molecule has 0 spiro atoms. The first-order valence-electron chi connectivity index (χ1n) is 8.16. The highest BCUT2D eigenvalue weighted by atomic mass is 32.1. The molecule has 3 rings (SSSR count). The summed E-state index contributed by atoms with van der Waals surface area (Å²) in [7, 11) is 0. The Kier molecular flexibility index (Phi) is 5.28. The van der Waals surface area contributed by atoms with Crippen LogP contribution in [0, 0.1) is 5.92 Å². The summed E-state index contributed by atoms with van der Waals surface area (Å²) in [4.78, 5) is 25.7. The van der Waals surface area contributed by atoms with Crippen LogP contribution in [0.1, 0.15) is 58.8 Å². The predicted molar refractivity (Wildman–Crippen MR) is 89.5 cm³/mol. The highest BCUT2D eigenvalue weighted by Gasteiger charge is 2.17. The molecular formula is C18H21NO3S. The molecule has 0 saturated heterocycles. The van der Waals surface area contributed by atoms with Gasteiger partial charge in [-0.3, -0.25) is 9.59 Å². The molecule has 0 bridgehead atoms. The van der Waals surface area contributed by atoms with E-state index in [2.05, 4.69) is 5.32 Å². The zero-order valence-corrected chi connectivity index (χ0v) is 13.9. The summed E-state index contributed by atoms with van der Waals surface area (Å²) in [5.41, 5.74) is 0. The lowest BCUT2D eigenvalue weighted by atomic mass is 10.0. The SMILES string of the molecule is O=C(CCC1CCCC1)NCc1ccc(C(=O)c2ccco2)s1. The summed E-state index contributed by atoms with van der Waals surface area (Å²) in [6.45, 7) is 0.486. The Morgan fingerprint density at radius 2 is 2.04 bits per heavy atom. The van der Waals surface area contributed by atoms with Crippen LogP contribution in [0.15, 0.2) is 34.9 Å². The first-order valence-corrected chi connectivity index (χ1v) is 8.97. The van der Waals surface area contributed by atoms with Crippen molar-refractivity contribution >= 4 is 23.0 Å². The van der Waals surface area contributed by atoms with Gasteiger partial charge >= 0.3 is 0 Å². The highest BCUT2D eigenvalue weighted by Crippen LogP contribution is 2.28. The smallest absolute Gasteiger partial charge is 0.238 e. The molecule has 0 unspecified atom stereocenters. The van der Waals surface area contributed by atoms with E-state index < -0.39 is 0 Å². The fraction of sp³-hybridized carbons (Fsp3) is 0.444. The Morgan fingerprint density at radius 1 is 1.22 bits per heavy atom. The van der Waals surface area contributed by atoms with Gasteiger partial charge in [0.2, 0.25) is 11.7 Å². The van der Waals surface area contributed by atoms with Crippen LogP contribution in [0.3, 0.4) is 0 Å². The monoisotopic (exact) mass is 331 g/mol. The molecule has 2 heterocycles. The second-order valence-corrected chi connectivity index (χ2v) is 7.21. The quantitative estimate of drug-likeness (QED) is 0.775. The number of carbonyl (C=O) groups excluding carboxylic acids is 2. The minimum atomic E-state index is -0.112. The molecular weight excluding hydrogens is 310 g/mol. The Hall–Kier alpha value is -1.88. The van der Waals surface area contributed by atoms with E-state index in [4.69, 9.17) is 4.42 Å². The van der Waals surface area contributed by atoms with Gasteiger partial charge in [0, 0.05) is 11.3 Å². The molecule has 1 amide bonds. The van der Waals surface area contributed by atoms with Crippen LogP contribution < -0.4 is 5.32 Å². The van der Waals surface area contributed by atoms with Crippen molar-refractivity contribution in [2.24, 2.45) is 5.92 Å². The van der Waals surface area contributed by atoms with Gasteiger partial charge in [-0.1, -0.05) is 25.7 Å². The van der Waals surface area contributed by atoms with Crippen molar-refractivity contribution < 1.29 is 14.0 Å². The molecule has 2 aromatic heterocycles. The number of hydrogen-bond donors (Lipinski definition) is 1. The maximum absolute atomic E-state index is 12.1. The Bertz CT molecular complexity index is 654. The van der Waals surface area contributed by atoms with Gasteiger partial charge in [0.05, 0.1) is 17.7 Å². The number of thiophene rings is 1. The van der Waals surface area contributed by atoms with E-state index in [1.165, 1.54) is 43.3 Å². The first-order chi connectivity index (χ1) is 11.2. The molecule has 4 nitrogen and oxygen atoms in total. The van der Waals surface area contributed by atoms with Crippen LogP contribution in [-0.2, 0) is 11.3 Å². The van der Waals surface area contributed by atoms with Crippen LogP contribution in [0.2, 0.25) is 0 Å². The number of nitrogens with one attached hydrogen (secondary N) is 1. The molecule has 0 radical (unpaired) electrons. The molecule has 5 heteroatoms. The van der Waals surface area contributed by atoms with Gasteiger partial charge in [0.15, 0.2) is 5.76 Å². The van der Waals surface area contributed by atoms with Gasteiger partial charge in [0.25, 0.3) is 0 Å². The van der Waals surface area contributed by atoms with Gasteiger partial charge in [-0.25, -0.2) is 0 Å².